The second-order valence-corrected chi connectivity index (χ2v) is 4.47. The number of oxime groups is 1. The van der Waals surface area contributed by atoms with Crippen molar-refractivity contribution < 1.29 is 9.94 Å². The van der Waals surface area contributed by atoms with Crippen molar-refractivity contribution in [3.63, 3.8) is 0 Å². The van der Waals surface area contributed by atoms with Crippen LogP contribution in [-0.4, -0.2) is 24.3 Å². The Bertz CT molecular complexity index is 201. The molecule has 4 heteroatoms. The Hall–Kier alpha value is -0.770. The van der Waals surface area contributed by atoms with E-state index in [0.29, 0.717) is 6.61 Å². The second kappa shape index (κ2) is 6.67. The first kappa shape index (κ1) is 12.3. The maximum atomic E-state index is 8.46. The summed E-state index contributed by atoms with van der Waals surface area (Å²) >= 11 is 0. The van der Waals surface area contributed by atoms with E-state index in [9.17, 15) is 0 Å². The van der Waals surface area contributed by atoms with Gasteiger partial charge in [0.1, 0.15) is 5.84 Å². The second-order valence-electron chi connectivity index (χ2n) is 4.47. The predicted molar refractivity (Wildman–Crippen MR) is 60.0 cm³/mol. The number of nitrogens with zero attached hydrogens (tertiary/aromatic N) is 1. The molecule has 0 aromatic rings. The molecule has 0 aromatic carbocycles. The number of hydrogen-bond donors (Lipinski definition) is 2. The van der Waals surface area contributed by atoms with E-state index in [0.717, 1.165) is 12.5 Å². The zero-order valence-corrected chi connectivity index (χ0v) is 9.48. The lowest BCUT2D eigenvalue weighted by Gasteiger charge is -2.22. The lowest BCUT2D eigenvalue weighted by Crippen LogP contribution is -2.26. The fraction of sp³-hybridized carbons (Fsp3) is 0.909. The standard InChI is InChI=1S/C11H22N2O2/c1-9(11(12)13-14)7-15-8-10-5-3-2-4-6-10/h9-10,14H,2-8H2,1H3,(H2,12,13). The Morgan fingerprint density at radius 1 is 1.47 bits per heavy atom. The molecule has 0 saturated heterocycles. The van der Waals surface area contributed by atoms with Crippen LogP contribution < -0.4 is 5.73 Å². The third kappa shape index (κ3) is 4.51. The highest BCUT2D eigenvalue weighted by molar-refractivity contribution is 5.81. The monoisotopic (exact) mass is 214 g/mol. The normalized spacial score (nSPS) is 21.5. The molecule has 1 saturated carbocycles. The van der Waals surface area contributed by atoms with Gasteiger partial charge in [0.2, 0.25) is 0 Å². The Morgan fingerprint density at radius 2 is 2.13 bits per heavy atom. The Balaban J connectivity index is 2.09. The molecule has 1 rings (SSSR count). The maximum absolute atomic E-state index is 8.46. The van der Waals surface area contributed by atoms with Gasteiger partial charge in [0.15, 0.2) is 0 Å². The van der Waals surface area contributed by atoms with Gasteiger partial charge in [0.05, 0.1) is 6.61 Å². The molecule has 0 radical (unpaired) electrons. The van der Waals surface area contributed by atoms with E-state index in [1.54, 1.807) is 0 Å². The average Bonchev–Trinajstić information content (AvgIpc) is 2.29. The van der Waals surface area contributed by atoms with E-state index in [1.807, 2.05) is 6.92 Å². The van der Waals surface area contributed by atoms with E-state index in [-0.39, 0.29) is 11.8 Å². The van der Waals surface area contributed by atoms with Crippen LogP contribution >= 0.6 is 0 Å². The minimum absolute atomic E-state index is 0.00131. The minimum atomic E-state index is -0.00131. The summed E-state index contributed by atoms with van der Waals surface area (Å²) in [5.41, 5.74) is 5.46. The highest BCUT2D eigenvalue weighted by Crippen LogP contribution is 2.23. The van der Waals surface area contributed by atoms with Crippen molar-refractivity contribution >= 4 is 5.84 Å². The van der Waals surface area contributed by atoms with Crippen LogP contribution in [0.2, 0.25) is 0 Å². The van der Waals surface area contributed by atoms with Gasteiger partial charge in [-0.05, 0) is 18.8 Å². The molecule has 4 nitrogen and oxygen atoms in total. The summed E-state index contributed by atoms with van der Waals surface area (Å²) in [6.45, 7) is 3.27. The summed E-state index contributed by atoms with van der Waals surface area (Å²) in [4.78, 5) is 0. The fourth-order valence-electron chi connectivity index (χ4n) is 1.95. The van der Waals surface area contributed by atoms with Crippen molar-refractivity contribution in [2.45, 2.75) is 39.0 Å². The number of rotatable bonds is 5. The van der Waals surface area contributed by atoms with Gasteiger partial charge in [0.25, 0.3) is 0 Å². The zero-order valence-electron chi connectivity index (χ0n) is 9.48. The largest absolute Gasteiger partial charge is 0.409 e. The van der Waals surface area contributed by atoms with Crippen LogP contribution in [0, 0.1) is 11.8 Å². The van der Waals surface area contributed by atoms with Crippen LogP contribution in [-0.2, 0) is 4.74 Å². The number of nitrogens with two attached hydrogens (primary N) is 1. The van der Waals surface area contributed by atoms with E-state index < -0.39 is 0 Å². The molecule has 0 heterocycles. The predicted octanol–water partition coefficient (Wildman–Crippen LogP) is 1.97. The van der Waals surface area contributed by atoms with Crippen molar-refractivity contribution in [2.24, 2.45) is 22.7 Å². The SMILES string of the molecule is CC(COCC1CCCCC1)C(N)=NO. The molecule has 1 fully saturated rings. The first-order chi connectivity index (χ1) is 7.24. The summed E-state index contributed by atoms with van der Waals surface area (Å²) in [6.07, 6.45) is 6.63. The molecule has 1 unspecified atom stereocenters. The Morgan fingerprint density at radius 3 is 2.73 bits per heavy atom. The van der Waals surface area contributed by atoms with E-state index >= 15 is 0 Å². The molecular weight excluding hydrogens is 192 g/mol. The van der Waals surface area contributed by atoms with Crippen molar-refractivity contribution in [3.8, 4) is 0 Å². The van der Waals surface area contributed by atoms with Crippen molar-refractivity contribution in [1.29, 1.82) is 0 Å². The first-order valence-electron chi connectivity index (χ1n) is 5.79. The molecule has 0 spiro atoms. The molecule has 0 aliphatic heterocycles. The van der Waals surface area contributed by atoms with Crippen LogP contribution in [0.1, 0.15) is 39.0 Å². The fourth-order valence-corrected chi connectivity index (χ4v) is 1.95. The molecule has 3 N–H and O–H groups in total. The summed E-state index contributed by atoms with van der Waals surface area (Å²) < 4.78 is 5.59. The first-order valence-corrected chi connectivity index (χ1v) is 5.79. The van der Waals surface area contributed by atoms with Crippen molar-refractivity contribution in [1.82, 2.24) is 0 Å². The lowest BCUT2D eigenvalue weighted by molar-refractivity contribution is 0.0751. The van der Waals surface area contributed by atoms with Gasteiger partial charge >= 0.3 is 0 Å². The van der Waals surface area contributed by atoms with Gasteiger partial charge in [0, 0.05) is 12.5 Å². The number of amidine groups is 1. The third-order valence-corrected chi connectivity index (χ3v) is 3.07. The highest BCUT2D eigenvalue weighted by atomic mass is 16.5. The van der Waals surface area contributed by atoms with Gasteiger partial charge in [-0.2, -0.15) is 0 Å². The van der Waals surface area contributed by atoms with Gasteiger partial charge in [-0.15, -0.1) is 0 Å². The van der Waals surface area contributed by atoms with E-state index in [1.165, 1.54) is 32.1 Å². The Kier molecular flexibility index (Phi) is 5.47. The van der Waals surface area contributed by atoms with Crippen LogP contribution in [0.15, 0.2) is 5.16 Å². The molecule has 0 aromatic heterocycles. The van der Waals surface area contributed by atoms with E-state index in [2.05, 4.69) is 5.16 Å². The highest BCUT2D eigenvalue weighted by Gasteiger charge is 2.14. The van der Waals surface area contributed by atoms with Crippen LogP contribution in [0.4, 0.5) is 0 Å². The molecule has 1 aliphatic rings. The zero-order chi connectivity index (χ0) is 11.1. The summed E-state index contributed by atoms with van der Waals surface area (Å²) in [5.74, 6) is 0.968. The van der Waals surface area contributed by atoms with Crippen molar-refractivity contribution in [2.75, 3.05) is 13.2 Å². The minimum Gasteiger partial charge on any atom is -0.409 e. The van der Waals surface area contributed by atoms with Crippen LogP contribution in [0.3, 0.4) is 0 Å². The topological polar surface area (TPSA) is 67.8 Å². The number of ether oxygens (including phenoxy) is 1. The van der Waals surface area contributed by atoms with Gasteiger partial charge in [-0.25, -0.2) is 0 Å². The van der Waals surface area contributed by atoms with Crippen LogP contribution in [0.25, 0.3) is 0 Å². The average molecular weight is 214 g/mol. The third-order valence-electron chi connectivity index (χ3n) is 3.07. The quantitative estimate of drug-likeness (QED) is 0.318. The van der Waals surface area contributed by atoms with Crippen LogP contribution in [0.5, 0.6) is 0 Å². The summed E-state index contributed by atoms with van der Waals surface area (Å²) in [5, 5.41) is 11.4. The molecule has 15 heavy (non-hydrogen) atoms. The number of hydrogen-bond acceptors (Lipinski definition) is 3. The lowest BCUT2D eigenvalue weighted by atomic mass is 9.90. The van der Waals surface area contributed by atoms with E-state index in [4.69, 9.17) is 15.7 Å². The van der Waals surface area contributed by atoms with Gasteiger partial charge in [-0.3, -0.25) is 0 Å². The molecule has 1 aliphatic carbocycles. The Labute approximate surface area is 91.5 Å². The molecular formula is C11H22N2O2. The summed E-state index contributed by atoms with van der Waals surface area (Å²) in [6, 6.07) is 0. The van der Waals surface area contributed by atoms with Crippen molar-refractivity contribution in [3.05, 3.63) is 0 Å². The summed E-state index contributed by atoms with van der Waals surface area (Å²) in [7, 11) is 0. The smallest absolute Gasteiger partial charge is 0.144 e. The van der Waals surface area contributed by atoms with Gasteiger partial charge < -0.3 is 15.7 Å². The molecule has 1 atom stereocenters. The maximum Gasteiger partial charge on any atom is 0.144 e. The van der Waals surface area contributed by atoms with Gasteiger partial charge in [-0.1, -0.05) is 31.3 Å². The molecule has 0 amide bonds. The molecule has 88 valence electrons. The molecule has 0 bridgehead atoms.